The molecule has 0 saturated heterocycles. The van der Waals surface area contributed by atoms with E-state index in [0.29, 0.717) is 4.60 Å². The van der Waals surface area contributed by atoms with E-state index in [0.717, 1.165) is 0 Å². The van der Waals surface area contributed by atoms with Gasteiger partial charge in [-0.3, -0.25) is 5.32 Å². The molecule has 0 aliphatic rings. The van der Waals surface area contributed by atoms with Crippen molar-refractivity contribution in [1.82, 2.24) is 9.97 Å². The summed E-state index contributed by atoms with van der Waals surface area (Å²) in [6, 6.07) is 1.71. The van der Waals surface area contributed by atoms with E-state index in [4.69, 9.17) is 10.4 Å². The second-order valence-corrected chi connectivity index (χ2v) is 2.74. The highest BCUT2D eigenvalue weighted by atomic mass is 79.9. The van der Waals surface area contributed by atoms with Gasteiger partial charge in [0.15, 0.2) is 11.5 Å². The Labute approximate surface area is 81.4 Å². The van der Waals surface area contributed by atoms with Crippen molar-refractivity contribution in [3.05, 3.63) is 16.5 Å². The number of rotatable bonds is 1. The van der Waals surface area contributed by atoms with Gasteiger partial charge in [-0.2, -0.15) is 5.26 Å². The first-order chi connectivity index (χ1) is 6.13. The fourth-order valence-corrected chi connectivity index (χ4v) is 0.918. The molecular weight excluding hydrogens is 240 g/mol. The topological polar surface area (TPSA) is 98.9 Å². The molecule has 0 saturated carbocycles. The Morgan fingerprint density at radius 1 is 1.77 bits per heavy atom. The van der Waals surface area contributed by atoms with Gasteiger partial charge >= 0.3 is 6.09 Å². The van der Waals surface area contributed by atoms with Crippen LogP contribution in [0.3, 0.4) is 0 Å². The summed E-state index contributed by atoms with van der Waals surface area (Å²) in [5, 5.41) is 18.9. The van der Waals surface area contributed by atoms with Gasteiger partial charge in [0.2, 0.25) is 0 Å². The largest absolute Gasteiger partial charge is 0.465 e. The molecule has 1 aromatic heterocycles. The first kappa shape index (κ1) is 9.41. The van der Waals surface area contributed by atoms with Gasteiger partial charge in [0, 0.05) is 0 Å². The Morgan fingerprint density at radius 3 is 3.00 bits per heavy atom. The number of halogens is 1. The predicted molar refractivity (Wildman–Crippen MR) is 46.1 cm³/mol. The number of hydrogen-bond donors (Lipinski definition) is 2. The molecule has 0 atom stereocenters. The fraction of sp³-hybridized carbons (Fsp3) is 0. The molecule has 0 spiro atoms. The van der Waals surface area contributed by atoms with Crippen LogP contribution in [0.5, 0.6) is 0 Å². The van der Waals surface area contributed by atoms with Crippen LogP contribution in [0, 0.1) is 11.3 Å². The monoisotopic (exact) mass is 242 g/mol. The summed E-state index contributed by atoms with van der Waals surface area (Å²) in [6.07, 6.45) is 0.0136. The highest BCUT2D eigenvalue weighted by molar-refractivity contribution is 9.10. The van der Waals surface area contributed by atoms with Gasteiger partial charge in [0.25, 0.3) is 0 Å². The fourth-order valence-electron chi connectivity index (χ4n) is 0.638. The van der Waals surface area contributed by atoms with Gasteiger partial charge in [-0.1, -0.05) is 0 Å². The number of nitriles is 1. The van der Waals surface area contributed by atoms with Crippen molar-refractivity contribution in [3.8, 4) is 6.07 Å². The molecule has 13 heavy (non-hydrogen) atoms. The minimum Gasteiger partial charge on any atom is -0.465 e. The smallest absolute Gasteiger partial charge is 0.410 e. The van der Waals surface area contributed by atoms with Gasteiger partial charge in [0.05, 0.1) is 6.20 Å². The van der Waals surface area contributed by atoms with Crippen LogP contribution in [0.15, 0.2) is 10.8 Å². The van der Waals surface area contributed by atoms with E-state index >= 15 is 0 Å². The van der Waals surface area contributed by atoms with Crippen molar-refractivity contribution >= 4 is 27.8 Å². The van der Waals surface area contributed by atoms with Crippen molar-refractivity contribution in [2.24, 2.45) is 0 Å². The van der Waals surface area contributed by atoms with Crippen LogP contribution in [0.1, 0.15) is 5.69 Å². The number of carboxylic acid groups (broad SMARTS) is 1. The number of nitrogens with one attached hydrogen (secondary N) is 1. The first-order valence-electron chi connectivity index (χ1n) is 3.06. The van der Waals surface area contributed by atoms with Crippen molar-refractivity contribution in [2.75, 3.05) is 5.32 Å². The normalized spacial score (nSPS) is 8.92. The zero-order chi connectivity index (χ0) is 9.84. The molecule has 1 rings (SSSR count). The molecule has 6 nitrogen and oxygen atoms in total. The second kappa shape index (κ2) is 3.82. The number of nitrogens with zero attached hydrogens (tertiary/aromatic N) is 3. The second-order valence-electron chi connectivity index (χ2n) is 1.93. The standard InChI is InChI=1S/C6H3BrN4O2/c7-4-2-9-5(11-6(12)13)3(1-8)10-4/h2H,(H,9,11)(H,12,13). The lowest BCUT2D eigenvalue weighted by atomic mass is 10.4. The van der Waals surface area contributed by atoms with E-state index in [-0.39, 0.29) is 11.5 Å². The molecule has 7 heteroatoms. The summed E-state index contributed by atoms with van der Waals surface area (Å²) < 4.78 is 0.375. The van der Waals surface area contributed by atoms with E-state index in [1.165, 1.54) is 6.20 Å². The van der Waals surface area contributed by atoms with Crippen molar-refractivity contribution in [3.63, 3.8) is 0 Å². The molecule has 2 N–H and O–H groups in total. The summed E-state index contributed by atoms with van der Waals surface area (Å²) in [4.78, 5) is 17.6. The molecule has 0 radical (unpaired) electrons. The van der Waals surface area contributed by atoms with Crippen LogP contribution in [-0.2, 0) is 0 Å². The molecule has 0 fully saturated rings. The number of aromatic nitrogens is 2. The van der Waals surface area contributed by atoms with E-state index in [1.807, 2.05) is 5.32 Å². The van der Waals surface area contributed by atoms with Crippen LogP contribution in [-0.4, -0.2) is 21.2 Å². The van der Waals surface area contributed by atoms with Crippen LogP contribution in [0.4, 0.5) is 10.6 Å². The van der Waals surface area contributed by atoms with E-state index in [9.17, 15) is 4.79 Å². The summed E-state index contributed by atoms with van der Waals surface area (Å²) in [6.45, 7) is 0. The Bertz CT molecular complexity index is 387. The number of hydrogen-bond acceptors (Lipinski definition) is 4. The minimum absolute atomic E-state index is 0.0711. The molecule has 0 aromatic carbocycles. The lowest BCUT2D eigenvalue weighted by Gasteiger charge is -2.00. The van der Waals surface area contributed by atoms with Crippen LogP contribution >= 0.6 is 15.9 Å². The van der Waals surface area contributed by atoms with Crippen LogP contribution in [0.25, 0.3) is 0 Å². The highest BCUT2D eigenvalue weighted by Gasteiger charge is 2.08. The number of anilines is 1. The van der Waals surface area contributed by atoms with Crippen molar-refractivity contribution < 1.29 is 9.90 Å². The van der Waals surface area contributed by atoms with Gasteiger partial charge in [-0.05, 0) is 15.9 Å². The third-order valence-electron chi connectivity index (χ3n) is 1.07. The summed E-state index contributed by atoms with van der Waals surface area (Å²) in [7, 11) is 0. The molecule has 0 aliphatic heterocycles. The molecule has 0 unspecified atom stereocenters. The number of carbonyl (C=O) groups is 1. The third kappa shape index (κ3) is 2.38. The van der Waals surface area contributed by atoms with Crippen LogP contribution in [0.2, 0.25) is 0 Å². The maximum absolute atomic E-state index is 10.2. The van der Waals surface area contributed by atoms with Crippen molar-refractivity contribution in [2.45, 2.75) is 0 Å². The van der Waals surface area contributed by atoms with Crippen LogP contribution < -0.4 is 5.32 Å². The number of amides is 1. The molecule has 1 heterocycles. The Hall–Kier alpha value is -1.68. The maximum Gasteiger partial charge on any atom is 0.410 e. The van der Waals surface area contributed by atoms with Gasteiger partial charge < -0.3 is 5.11 Å². The molecule has 1 amide bonds. The molecular formula is C6H3BrN4O2. The zero-order valence-corrected chi connectivity index (χ0v) is 7.74. The molecule has 66 valence electrons. The zero-order valence-electron chi connectivity index (χ0n) is 6.15. The molecule has 0 aliphatic carbocycles. The SMILES string of the molecule is N#Cc1nc(Br)cnc1NC(=O)O. The molecule has 0 bridgehead atoms. The summed E-state index contributed by atoms with van der Waals surface area (Å²) in [5.74, 6) is -0.0711. The third-order valence-corrected chi connectivity index (χ3v) is 1.46. The highest BCUT2D eigenvalue weighted by Crippen LogP contribution is 2.12. The minimum atomic E-state index is -1.28. The Balaban J connectivity index is 3.08. The maximum atomic E-state index is 10.2. The average molecular weight is 243 g/mol. The lowest BCUT2D eigenvalue weighted by Crippen LogP contribution is -2.11. The van der Waals surface area contributed by atoms with Gasteiger partial charge in [-0.15, -0.1) is 0 Å². The van der Waals surface area contributed by atoms with E-state index < -0.39 is 6.09 Å². The predicted octanol–water partition coefficient (Wildman–Crippen LogP) is 1.20. The quantitative estimate of drug-likeness (QED) is 0.771. The average Bonchev–Trinajstić information content (AvgIpc) is 2.07. The Kier molecular flexibility index (Phi) is 2.76. The van der Waals surface area contributed by atoms with Gasteiger partial charge in [-0.25, -0.2) is 14.8 Å². The van der Waals surface area contributed by atoms with E-state index in [1.54, 1.807) is 6.07 Å². The first-order valence-corrected chi connectivity index (χ1v) is 3.85. The van der Waals surface area contributed by atoms with Crippen molar-refractivity contribution in [1.29, 1.82) is 5.26 Å². The van der Waals surface area contributed by atoms with Gasteiger partial charge in [0.1, 0.15) is 10.7 Å². The Morgan fingerprint density at radius 2 is 2.46 bits per heavy atom. The lowest BCUT2D eigenvalue weighted by molar-refractivity contribution is 0.209. The van der Waals surface area contributed by atoms with E-state index in [2.05, 4.69) is 25.9 Å². The summed E-state index contributed by atoms with van der Waals surface area (Å²) in [5.41, 5.74) is -0.0724. The molecule has 1 aromatic rings. The summed E-state index contributed by atoms with van der Waals surface area (Å²) >= 11 is 3.00.